The summed E-state index contributed by atoms with van der Waals surface area (Å²) in [5.74, 6) is 0.474. The molecule has 0 aromatic heterocycles. The third kappa shape index (κ3) is 2.33. The molecular weight excluding hydrogens is 222 g/mol. The number of anilines is 1. The number of amides is 1. The van der Waals surface area contributed by atoms with Gasteiger partial charge in [0.2, 0.25) is 5.91 Å². The summed E-state index contributed by atoms with van der Waals surface area (Å²) in [7, 11) is 0. The van der Waals surface area contributed by atoms with Gasteiger partial charge in [0.25, 0.3) is 0 Å². The monoisotopic (exact) mass is 245 g/mol. The first kappa shape index (κ1) is 12.9. The lowest BCUT2D eigenvalue weighted by molar-refractivity contribution is -0.111. The highest BCUT2D eigenvalue weighted by atomic mass is 16.1. The van der Waals surface area contributed by atoms with Gasteiger partial charge in [-0.3, -0.25) is 4.79 Å². The van der Waals surface area contributed by atoms with E-state index in [2.05, 4.69) is 31.8 Å². The fourth-order valence-electron chi connectivity index (χ4n) is 2.72. The topological polar surface area (TPSA) is 29.1 Å². The molecule has 0 radical (unpaired) electrons. The molecule has 1 unspecified atom stereocenters. The van der Waals surface area contributed by atoms with Crippen molar-refractivity contribution in [2.75, 3.05) is 5.32 Å². The van der Waals surface area contributed by atoms with E-state index < -0.39 is 0 Å². The van der Waals surface area contributed by atoms with Gasteiger partial charge in [0, 0.05) is 7.11 Å². The van der Waals surface area contributed by atoms with Crippen LogP contribution in [0.1, 0.15) is 50.7 Å². The van der Waals surface area contributed by atoms with Gasteiger partial charge in [-0.2, -0.15) is 0 Å². The van der Waals surface area contributed by atoms with E-state index in [1.165, 1.54) is 29.2 Å². The van der Waals surface area contributed by atoms with Crippen LogP contribution in [-0.2, 0) is 17.6 Å². The van der Waals surface area contributed by atoms with Crippen molar-refractivity contribution in [3.05, 3.63) is 41.5 Å². The molecular formula is C16H23NO. The molecule has 0 bridgehead atoms. The van der Waals surface area contributed by atoms with Gasteiger partial charge in [-0.05, 0) is 60.4 Å². The van der Waals surface area contributed by atoms with Gasteiger partial charge in [0.15, 0.2) is 0 Å². The summed E-state index contributed by atoms with van der Waals surface area (Å²) in [4.78, 5) is 11.4. The van der Waals surface area contributed by atoms with Gasteiger partial charge in [0.1, 0.15) is 0 Å². The SMILES string of the molecule is C=CC(=O)Nc1ccc(C(C)CC)c2c1CCC2.[HH]. The number of hydrogen-bond donors (Lipinski definition) is 1. The van der Waals surface area contributed by atoms with E-state index in [1.807, 2.05) is 6.07 Å². The zero-order valence-corrected chi connectivity index (χ0v) is 11.3. The molecule has 98 valence electrons. The van der Waals surface area contributed by atoms with Crippen LogP contribution in [0.3, 0.4) is 0 Å². The maximum Gasteiger partial charge on any atom is 0.247 e. The Hall–Kier alpha value is -1.57. The average Bonchev–Trinajstić information content (AvgIpc) is 2.87. The fraction of sp³-hybridized carbons (Fsp3) is 0.438. The van der Waals surface area contributed by atoms with E-state index in [0.717, 1.165) is 24.9 Å². The third-order valence-electron chi connectivity index (χ3n) is 3.91. The highest BCUT2D eigenvalue weighted by Crippen LogP contribution is 2.35. The number of rotatable bonds is 4. The standard InChI is InChI=1S/C16H21NO.H2/c1-4-11(3)12-9-10-15(17-16(18)5-2)14-8-6-7-13(12)14;/h5,9-11H,2,4,6-8H2,1,3H3,(H,17,18);1H. The maximum absolute atomic E-state index is 11.4. The summed E-state index contributed by atoms with van der Waals surface area (Å²) in [6.45, 7) is 7.99. The molecule has 0 aliphatic heterocycles. The zero-order valence-electron chi connectivity index (χ0n) is 11.3. The average molecular weight is 245 g/mol. The molecule has 2 rings (SSSR count). The molecule has 1 amide bonds. The number of benzene rings is 1. The van der Waals surface area contributed by atoms with Crippen LogP contribution in [0.5, 0.6) is 0 Å². The minimum Gasteiger partial charge on any atom is -0.322 e. The van der Waals surface area contributed by atoms with Crippen molar-refractivity contribution in [1.82, 2.24) is 0 Å². The lowest BCUT2D eigenvalue weighted by atomic mass is 9.91. The second kappa shape index (κ2) is 5.38. The summed E-state index contributed by atoms with van der Waals surface area (Å²) in [5.41, 5.74) is 5.23. The molecule has 1 aliphatic rings. The summed E-state index contributed by atoms with van der Waals surface area (Å²) in [6.07, 6.45) is 5.90. The molecule has 0 spiro atoms. The van der Waals surface area contributed by atoms with Crippen LogP contribution in [0, 0.1) is 0 Å². The first-order valence-electron chi connectivity index (χ1n) is 6.75. The Morgan fingerprint density at radius 1 is 1.50 bits per heavy atom. The molecule has 1 aliphatic carbocycles. The predicted octanol–water partition coefficient (Wildman–Crippen LogP) is 4.06. The van der Waals surface area contributed by atoms with Crippen molar-refractivity contribution < 1.29 is 6.22 Å². The Bertz CT molecular complexity index is 482. The van der Waals surface area contributed by atoms with Crippen molar-refractivity contribution >= 4 is 11.6 Å². The number of carbonyl (C=O) groups is 1. The summed E-state index contributed by atoms with van der Waals surface area (Å²) >= 11 is 0. The molecule has 1 aromatic carbocycles. The van der Waals surface area contributed by atoms with E-state index >= 15 is 0 Å². The number of fused-ring (bicyclic) bond motifs is 1. The molecule has 1 N–H and O–H groups in total. The van der Waals surface area contributed by atoms with E-state index in [9.17, 15) is 4.79 Å². The summed E-state index contributed by atoms with van der Waals surface area (Å²) < 4.78 is 0. The lowest BCUT2D eigenvalue weighted by Gasteiger charge is -2.17. The van der Waals surface area contributed by atoms with Crippen molar-refractivity contribution in [1.29, 1.82) is 0 Å². The van der Waals surface area contributed by atoms with Gasteiger partial charge in [-0.15, -0.1) is 0 Å². The predicted molar refractivity (Wildman–Crippen MR) is 78.1 cm³/mol. The molecule has 1 aromatic rings. The van der Waals surface area contributed by atoms with Crippen molar-refractivity contribution in [3.8, 4) is 0 Å². The Morgan fingerprint density at radius 3 is 2.89 bits per heavy atom. The van der Waals surface area contributed by atoms with Crippen molar-refractivity contribution in [2.45, 2.75) is 45.4 Å². The highest BCUT2D eigenvalue weighted by molar-refractivity contribution is 5.99. The molecule has 18 heavy (non-hydrogen) atoms. The third-order valence-corrected chi connectivity index (χ3v) is 3.91. The number of nitrogens with one attached hydrogen (secondary N) is 1. The first-order valence-corrected chi connectivity index (χ1v) is 6.75. The Balaban J connectivity index is 0.00000180. The quantitative estimate of drug-likeness (QED) is 0.796. The van der Waals surface area contributed by atoms with Crippen molar-refractivity contribution in [2.24, 2.45) is 0 Å². The highest BCUT2D eigenvalue weighted by Gasteiger charge is 2.21. The normalized spacial score (nSPS) is 15.0. The van der Waals surface area contributed by atoms with Gasteiger partial charge >= 0.3 is 0 Å². The van der Waals surface area contributed by atoms with E-state index in [1.54, 1.807) is 0 Å². The van der Waals surface area contributed by atoms with Gasteiger partial charge in [-0.1, -0.05) is 26.5 Å². The van der Waals surface area contributed by atoms with Crippen LogP contribution in [0.4, 0.5) is 5.69 Å². The molecule has 2 heteroatoms. The molecule has 2 nitrogen and oxygen atoms in total. The zero-order chi connectivity index (χ0) is 13.1. The van der Waals surface area contributed by atoms with Gasteiger partial charge in [0.05, 0.1) is 0 Å². The summed E-state index contributed by atoms with van der Waals surface area (Å²) in [5, 5.41) is 2.92. The van der Waals surface area contributed by atoms with Crippen LogP contribution >= 0.6 is 0 Å². The Kier molecular flexibility index (Phi) is 3.85. The molecule has 0 saturated heterocycles. The van der Waals surface area contributed by atoms with Crippen molar-refractivity contribution in [3.63, 3.8) is 0 Å². The fourth-order valence-corrected chi connectivity index (χ4v) is 2.72. The molecule has 0 saturated carbocycles. The Morgan fingerprint density at radius 2 is 2.22 bits per heavy atom. The van der Waals surface area contributed by atoms with Crippen LogP contribution < -0.4 is 5.32 Å². The first-order chi connectivity index (χ1) is 8.67. The smallest absolute Gasteiger partial charge is 0.247 e. The second-order valence-electron chi connectivity index (χ2n) is 5.02. The molecule has 0 fully saturated rings. The van der Waals surface area contributed by atoms with Crippen LogP contribution in [0.15, 0.2) is 24.8 Å². The lowest BCUT2D eigenvalue weighted by Crippen LogP contribution is -2.10. The Labute approximate surface area is 111 Å². The van der Waals surface area contributed by atoms with Crippen LogP contribution in [0.25, 0.3) is 0 Å². The van der Waals surface area contributed by atoms with Gasteiger partial charge in [-0.25, -0.2) is 0 Å². The number of carbonyl (C=O) groups excluding carboxylic acids is 1. The molecule has 0 heterocycles. The maximum atomic E-state index is 11.4. The van der Waals surface area contributed by atoms with Gasteiger partial charge < -0.3 is 5.32 Å². The van der Waals surface area contributed by atoms with E-state index in [-0.39, 0.29) is 7.33 Å². The minimum atomic E-state index is -0.125. The minimum absolute atomic E-state index is 0. The molecule has 1 atom stereocenters. The van der Waals surface area contributed by atoms with Crippen LogP contribution in [0.2, 0.25) is 0 Å². The second-order valence-corrected chi connectivity index (χ2v) is 5.02. The summed E-state index contributed by atoms with van der Waals surface area (Å²) in [6, 6.07) is 4.23. The van der Waals surface area contributed by atoms with E-state index in [4.69, 9.17) is 0 Å². The largest absolute Gasteiger partial charge is 0.322 e. The number of hydrogen-bond acceptors (Lipinski definition) is 1. The van der Waals surface area contributed by atoms with E-state index in [0.29, 0.717) is 5.92 Å². The van der Waals surface area contributed by atoms with Crippen LogP contribution in [-0.4, -0.2) is 5.91 Å².